The van der Waals surface area contributed by atoms with E-state index in [9.17, 15) is 19.5 Å². The highest BCUT2D eigenvalue weighted by Crippen LogP contribution is 2.38. The van der Waals surface area contributed by atoms with Gasteiger partial charge >= 0.3 is 5.97 Å². The van der Waals surface area contributed by atoms with Crippen molar-refractivity contribution in [2.45, 2.75) is 39.0 Å². The number of hydrogen-bond acceptors (Lipinski definition) is 3. The second-order valence-corrected chi connectivity index (χ2v) is 6.10. The number of rotatable bonds is 5. The number of carboxylic acid groups (broad SMARTS) is 1. The highest BCUT2D eigenvalue weighted by atomic mass is 16.4. The van der Waals surface area contributed by atoms with E-state index >= 15 is 0 Å². The summed E-state index contributed by atoms with van der Waals surface area (Å²) in [6, 6.07) is 0. The Kier molecular flexibility index (Phi) is 5.20. The number of nitrogens with zero attached hydrogens (tertiary/aromatic N) is 1. The molecule has 0 radical (unpaired) electrons. The first-order valence-electron chi connectivity index (χ1n) is 7.81. The Morgan fingerprint density at radius 1 is 1.14 bits per heavy atom. The van der Waals surface area contributed by atoms with Crippen LogP contribution in [0.5, 0.6) is 0 Å². The van der Waals surface area contributed by atoms with Gasteiger partial charge in [0.25, 0.3) is 0 Å². The Hall–Kier alpha value is -1.59. The van der Waals surface area contributed by atoms with E-state index in [-0.39, 0.29) is 24.3 Å². The smallest absolute Gasteiger partial charge is 0.307 e. The van der Waals surface area contributed by atoms with Crippen LogP contribution >= 0.6 is 0 Å². The summed E-state index contributed by atoms with van der Waals surface area (Å²) in [5, 5.41) is 11.9. The second kappa shape index (κ2) is 6.91. The van der Waals surface area contributed by atoms with Gasteiger partial charge in [-0.25, -0.2) is 0 Å². The molecule has 0 spiro atoms. The molecule has 0 aromatic carbocycles. The lowest BCUT2D eigenvalue weighted by Crippen LogP contribution is -2.42. The monoisotopic (exact) mass is 296 g/mol. The van der Waals surface area contributed by atoms with Crippen molar-refractivity contribution < 1.29 is 19.5 Å². The van der Waals surface area contributed by atoms with E-state index < -0.39 is 17.8 Å². The highest BCUT2D eigenvalue weighted by molar-refractivity contribution is 5.89. The minimum atomic E-state index is -0.906. The molecule has 1 heterocycles. The van der Waals surface area contributed by atoms with E-state index in [2.05, 4.69) is 5.32 Å². The fourth-order valence-electron chi connectivity index (χ4n) is 3.41. The number of hydrogen-bond donors (Lipinski definition) is 2. The average Bonchev–Trinajstić information content (AvgIpc) is 3.12. The lowest BCUT2D eigenvalue weighted by Gasteiger charge is -2.18. The van der Waals surface area contributed by atoms with Gasteiger partial charge < -0.3 is 15.3 Å². The first-order chi connectivity index (χ1) is 10.0. The number of carbonyl (C=O) groups excluding carboxylic acids is 2. The number of carboxylic acids is 1. The molecule has 1 aliphatic carbocycles. The van der Waals surface area contributed by atoms with Gasteiger partial charge in [0, 0.05) is 13.1 Å². The summed E-state index contributed by atoms with van der Waals surface area (Å²) in [4.78, 5) is 37.1. The minimum absolute atomic E-state index is 0.0154. The molecule has 0 aromatic rings. The first-order valence-corrected chi connectivity index (χ1v) is 7.81. The number of nitrogens with one attached hydrogen (secondary N) is 1. The van der Waals surface area contributed by atoms with E-state index in [4.69, 9.17) is 0 Å². The zero-order valence-corrected chi connectivity index (χ0v) is 12.5. The van der Waals surface area contributed by atoms with Crippen molar-refractivity contribution in [3.05, 3.63) is 0 Å². The van der Waals surface area contributed by atoms with Gasteiger partial charge in [-0.15, -0.1) is 0 Å². The fraction of sp³-hybridized carbons (Fsp3) is 0.800. The quantitative estimate of drug-likeness (QED) is 0.788. The Balaban J connectivity index is 1.86. The molecule has 2 amide bonds. The third-order valence-corrected chi connectivity index (χ3v) is 4.76. The molecule has 6 nitrogen and oxygen atoms in total. The van der Waals surface area contributed by atoms with Crippen LogP contribution in [0.25, 0.3) is 0 Å². The van der Waals surface area contributed by atoms with Crippen LogP contribution in [0, 0.1) is 17.8 Å². The number of carbonyl (C=O) groups is 3. The van der Waals surface area contributed by atoms with Crippen molar-refractivity contribution in [1.82, 2.24) is 10.2 Å². The molecule has 6 heteroatoms. The fourth-order valence-corrected chi connectivity index (χ4v) is 3.41. The van der Waals surface area contributed by atoms with Crippen LogP contribution in [0.3, 0.4) is 0 Å². The van der Waals surface area contributed by atoms with E-state index in [1.807, 2.05) is 6.92 Å². The molecule has 2 rings (SSSR count). The van der Waals surface area contributed by atoms with E-state index in [0.717, 1.165) is 32.4 Å². The van der Waals surface area contributed by atoms with E-state index in [0.29, 0.717) is 12.8 Å². The predicted octanol–water partition coefficient (Wildman–Crippen LogP) is 0.862. The van der Waals surface area contributed by atoms with E-state index in [1.54, 1.807) is 4.90 Å². The maximum absolute atomic E-state index is 12.2. The molecular weight excluding hydrogens is 272 g/mol. The molecule has 118 valence electrons. The SMILES string of the molecule is CCC1C[C@H](C(=O)NCC(=O)N2CCCC2)[C@H](C(=O)O)C1. The summed E-state index contributed by atoms with van der Waals surface area (Å²) < 4.78 is 0. The van der Waals surface area contributed by atoms with Crippen molar-refractivity contribution in [2.24, 2.45) is 17.8 Å². The van der Waals surface area contributed by atoms with E-state index in [1.165, 1.54) is 0 Å². The topological polar surface area (TPSA) is 86.7 Å². The summed E-state index contributed by atoms with van der Waals surface area (Å²) in [7, 11) is 0. The van der Waals surface area contributed by atoms with Gasteiger partial charge in [-0.1, -0.05) is 13.3 Å². The Morgan fingerprint density at radius 3 is 2.33 bits per heavy atom. The van der Waals surface area contributed by atoms with Gasteiger partial charge in [-0.3, -0.25) is 14.4 Å². The van der Waals surface area contributed by atoms with Crippen LogP contribution in [0.15, 0.2) is 0 Å². The van der Waals surface area contributed by atoms with Gasteiger partial charge in [0.15, 0.2) is 0 Å². The first kappa shape index (κ1) is 15.8. The van der Waals surface area contributed by atoms with Crippen molar-refractivity contribution in [3.63, 3.8) is 0 Å². The molecule has 2 fully saturated rings. The van der Waals surface area contributed by atoms with Crippen molar-refractivity contribution >= 4 is 17.8 Å². The summed E-state index contributed by atoms with van der Waals surface area (Å²) in [5.74, 6) is -2.09. The summed E-state index contributed by atoms with van der Waals surface area (Å²) >= 11 is 0. The van der Waals surface area contributed by atoms with Crippen molar-refractivity contribution in [2.75, 3.05) is 19.6 Å². The molecule has 1 saturated heterocycles. The zero-order valence-electron chi connectivity index (χ0n) is 12.5. The maximum atomic E-state index is 12.2. The Morgan fingerprint density at radius 2 is 1.76 bits per heavy atom. The molecule has 0 bridgehead atoms. The Labute approximate surface area is 124 Å². The van der Waals surface area contributed by atoms with Crippen LogP contribution < -0.4 is 5.32 Å². The van der Waals surface area contributed by atoms with Crippen molar-refractivity contribution in [1.29, 1.82) is 0 Å². The molecule has 3 atom stereocenters. The average molecular weight is 296 g/mol. The van der Waals surface area contributed by atoms with Gasteiger partial charge in [0.1, 0.15) is 0 Å². The normalized spacial score (nSPS) is 28.6. The zero-order chi connectivity index (χ0) is 15.4. The lowest BCUT2D eigenvalue weighted by molar-refractivity contribution is -0.146. The molecule has 1 saturated carbocycles. The third kappa shape index (κ3) is 3.74. The standard InChI is InChI=1S/C15H24N2O4/c1-2-10-7-11(12(8-10)15(20)21)14(19)16-9-13(18)17-5-3-4-6-17/h10-12H,2-9H2,1H3,(H,16,19)(H,20,21)/t10?,11-,12+/m0/s1. The minimum Gasteiger partial charge on any atom is -0.481 e. The van der Waals surface area contributed by atoms with Gasteiger partial charge in [0.05, 0.1) is 18.4 Å². The van der Waals surface area contributed by atoms with Crippen molar-refractivity contribution in [3.8, 4) is 0 Å². The molecule has 21 heavy (non-hydrogen) atoms. The molecule has 0 aromatic heterocycles. The summed E-state index contributed by atoms with van der Waals surface area (Å²) in [6.45, 7) is 3.51. The largest absolute Gasteiger partial charge is 0.481 e. The van der Waals surface area contributed by atoms with Crippen LogP contribution in [0.2, 0.25) is 0 Å². The van der Waals surface area contributed by atoms with Gasteiger partial charge in [-0.05, 0) is 31.6 Å². The second-order valence-electron chi connectivity index (χ2n) is 6.10. The lowest BCUT2D eigenvalue weighted by atomic mass is 9.95. The molecule has 1 unspecified atom stereocenters. The molecule has 2 aliphatic rings. The molecular formula is C15H24N2O4. The van der Waals surface area contributed by atoms with Crippen LogP contribution in [-0.2, 0) is 14.4 Å². The number of amides is 2. The highest BCUT2D eigenvalue weighted by Gasteiger charge is 2.42. The maximum Gasteiger partial charge on any atom is 0.307 e. The van der Waals surface area contributed by atoms with Crippen LogP contribution in [0.4, 0.5) is 0 Å². The predicted molar refractivity (Wildman–Crippen MR) is 76.5 cm³/mol. The van der Waals surface area contributed by atoms with Gasteiger partial charge in [-0.2, -0.15) is 0 Å². The van der Waals surface area contributed by atoms with Crippen LogP contribution in [0.1, 0.15) is 39.0 Å². The van der Waals surface area contributed by atoms with Gasteiger partial charge in [0.2, 0.25) is 11.8 Å². The Bertz CT molecular complexity index is 418. The number of likely N-dealkylation sites (tertiary alicyclic amines) is 1. The number of aliphatic carboxylic acids is 1. The summed E-state index contributed by atoms with van der Waals surface area (Å²) in [6.07, 6.45) is 4.09. The van der Waals surface area contributed by atoms with Crippen LogP contribution in [-0.4, -0.2) is 47.4 Å². The molecule has 1 aliphatic heterocycles. The molecule has 2 N–H and O–H groups in total. The summed E-state index contributed by atoms with van der Waals surface area (Å²) in [5.41, 5.74) is 0. The third-order valence-electron chi connectivity index (χ3n) is 4.76.